The first-order valence-electron chi connectivity index (χ1n) is 15.8. The van der Waals surface area contributed by atoms with Crippen LogP contribution < -0.4 is 15.0 Å². The highest BCUT2D eigenvalue weighted by atomic mass is 19.4. The molecule has 6 atom stereocenters. The van der Waals surface area contributed by atoms with E-state index >= 15 is 0 Å². The summed E-state index contributed by atoms with van der Waals surface area (Å²) in [5, 5.41) is 23.8. The van der Waals surface area contributed by atoms with Gasteiger partial charge in [-0.2, -0.15) is 13.2 Å². The maximum absolute atomic E-state index is 14.4. The number of aliphatic hydroxyl groups is 1. The van der Waals surface area contributed by atoms with E-state index in [4.69, 9.17) is 9.47 Å². The quantitative estimate of drug-likeness (QED) is 0.395. The second-order valence-corrected chi connectivity index (χ2v) is 13.8. The van der Waals surface area contributed by atoms with Gasteiger partial charge in [-0.3, -0.25) is 4.79 Å². The van der Waals surface area contributed by atoms with Gasteiger partial charge in [-0.25, -0.2) is 14.8 Å². The van der Waals surface area contributed by atoms with Crippen molar-refractivity contribution in [2.24, 2.45) is 29.1 Å². The number of rotatable bonds is 8. The van der Waals surface area contributed by atoms with E-state index in [1.54, 1.807) is 17.0 Å². The van der Waals surface area contributed by atoms with Crippen molar-refractivity contribution in [1.29, 1.82) is 0 Å². The van der Waals surface area contributed by atoms with E-state index < -0.39 is 57.7 Å². The van der Waals surface area contributed by atoms with Crippen LogP contribution in [0.3, 0.4) is 0 Å². The third-order valence-corrected chi connectivity index (χ3v) is 12.0. The predicted molar refractivity (Wildman–Crippen MR) is 152 cm³/mol. The van der Waals surface area contributed by atoms with E-state index in [1.165, 1.54) is 0 Å². The van der Waals surface area contributed by atoms with Crippen LogP contribution in [0.2, 0.25) is 0 Å². The molecule has 3 heterocycles. The maximum Gasteiger partial charge on any atom is 0.434 e. The number of hydrogen-bond acceptors (Lipinski definition) is 8. The molecule has 1 amide bonds. The van der Waals surface area contributed by atoms with E-state index in [-0.39, 0.29) is 18.3 Å². The monoisotopic (exact) mass is 628 g/mol. The zero-order chi connectivity index (χ0) is 31.4. The summed E-state index contributed by atoms with van der Waals surface area (Å²) in [5.41, 5.74) is -3.93. The van der Waals surface area contributed by atoms with E-state index in [1.807, 2.05) is 6.07 Å². The number of aromatic nitrogens is 2. The van der Waals surface area contributed by atoms with Crippen molar-refractivity contribution in [3.05, 3.63) is 41.2 Å². The lowest BCUT2D eigenvalue weighted by molar-refractivity contribution is -0.317. The fourth-order valence-electron chi connectivity index (χ4n) is 9.89. The topological polar surface area (TPSA) is 134 Å². The number of carbonyl (C=O) groups is 2. The van der Waals surface area contributed by atoms with Crippen LogP contribution in [-0.2, 0) is 22.1 Å². The number of amides is 1. The van der Waals surface area contributed by atoms with Crippen molar-refractivity contribution in [2.45, 2.75) is 68.7 Å². The molecule has 13 heteroatoms. The van der Waals surface area contributed by atoms with Gasteiger partial charge in [0, 0.05) is 43.0 Å². The number of ether oxygens (including phenoxy) is 2. The smallest absolute Gasteiger partial charge is 0.434 e. The molecule has 45 heavy (non-hydrogen) atoms. The molecule has 240 valence electrons. The van der Waals surface area contributed by atoms with Gasteiger partial charge in [-0.05, 0) is 92.9 Å². The lowest BCUT2D eigenvalue weighted by atomic mass is 9.33. The van der Waals surface area contributed by atoms with Crippen molar-refractivity contribution in [3.63, 3.8) is 0 Å². The number of fused-ring (bicyclic) bond motifs is 2. The zero-order valence-corrected chi connectivity index (χ0v) is 24.6. The van der Waals surface area contributed by atoms with Gasteiger partial charge < -0.3 is 29.9 Å². The molecule has 0 radical (unpaired) electrons. The normalized spacial score (nSPS) is 34.5. The summed E-state index contributed by atoms with van der Waals surface area (Å²) in [7, 11) is 0. The number of carboxylic acids is 1. The highest BCUT2D eigenvalue weighted by Gasteiger charge is 2.89. The molecule has 1 spiro atoms. The molecule has 3 N–H and O–H groups in total. The maximum atomic E-state index is 14.4. The Balaban J connectivity index is 1.02. The molecule has 6 aliphatic rings. The predicted octanol–water partition coefficient (Wildman–Crippen LogP) is 4.12. The van der Waals surface area contributed by atoms with Crippen LogP contribution in [0.4, 0.5) is 24.8 Å². The minimum absolute atomic E-state index is 0.187. The molecular weight excluding hydrogens is 593 g/mol. The molecule has 2 aliphatic heterocycles. The van der Waals surface area contributed by atoms with Gasteiger partial charge in [0.2, 0.25) is 5.95 Å². The summed E-state index contributed by atoms with van der Waals surface area (Å²) >= 11 is 0. The Morgan fingerprint density at radius 2 is 1.96 bits per heavy atom. The van der Waals surface area contributed by atoms with Gasteiger partial charge in [0.05, 0.1) is 17.8 Å². The number of benzene rings is 1. The van der Waals surface area contributed by atoms with Crippen LogP contribution in [0.5, 0.6) is 5.75 Å². The highest BCUT2D eigenvalue weighted by molar-refractivity contribution is 5.99. The standard InChI is InChI=1S/C32H35F3N4O6/c33-32(34,35)25-22(26(40)38-31(27(41)42)20-12-19-13-29(43)15-24(31)30(19,29)14-20)16-36-28(37-25)39-7-3-18-11-21(1-2-23(18)39)45-10-6-17-4-8-44-9-5-17/h1-2,11,16-17,19-20,24,43H,3-10,12-15H2,(H,38,40)(H,41,42). The minimum atomic E-state index is -4.99. The van der Waals surface area contributed by atoms with Crippen molar-refractivity contribution in [1.82, 2.24) is 15.3 Å². The number of nitrogens with one attached hydrogen (secondary N) is 1. The first-order valence-corrected chi connectivity index (χ1v) is 15.8. The third-order valence-electron chi connectivity index (χ3n) is 12.0. The average Bonchev–Trinajstić information content (AvgIpc) is 3.67. The van der Waals surface area contributed by atoms with Gasteiger partial charge in [0.25, 0.3) is 5.91 Å². The summed E-state index contributed by atoms with van der Waals surface area (Å²) in [5.74, 6) is -2.18. The second kappa shape index (κ2) is 9.78. The fraction of sp³-hybridized carbons (Fsp3) is 0.625. The number of alkyl halides is 3. The molecule has 1 aromatic heterocycles. The molecule has 10 nitrogen and oxygen atoms in total. The van der Waals surface area contributed by atoms with Gasteiger partial charge in [0.1, 0.15) is 11.3 Å². The number of carboxylic acid groups (broad SMARTS) is 1. The number of aliphatic carboxylic acids is 1. The second-order valence-electron chi connectivity index (χ2n) is 13.8. The molecule has 4 saturated carbocycles. The van der Waals surface area contributed by atoms with Gasteiger partial charge in [-0.1, -0.05) is 0 Å². The molecule has 2 aromatic rings. The van der Waals surface area contributed by atoms with Crippen molar-refractivity contribution < 1.29 is 42.4 Å². The van der Waals surface area contributed by atoms with Crippen LogP contribution in [0.1, 0.15) is 66.6 Å². The lowest BCUT2D eigenvalue weighted by Gasteiger charge is -2.73. The van der Waals surface area contributed by atoms with Gasteiger partial charge >= 0.3 is 12.1 Å². The van der Waals surface area contributed by atoms with Crippen LogP contribution >= 0.6 is 0 Å². The zero-order valence-electron chi connectivity index (χ0n) is 24.6. The van der Waals surface area contributed by atoms with Crippen LogP contribution in [0.25, 0.3) is 0 Å². The Hall–Kier alpha value is -3.45. The number of carbonyl (C=O) groups excluding carboxylic acids is 1. The number of halogens is 3. The summed E-state index contributed by atoms with van der Waals surface area (Å²) < 4.78 is 54.5. The van der Waals surface area contributed by atoms with Crippen LogP contribution in [0, 0.1) is 29.1 Å². The number of hydrogen-bond donors (Lipinski definition) is 3. The molecular formula is C32H35F3N4O6. The highest BCUT2D eigenvalue weighted by Crippen LogP contribution is 2.85. The molecule has 8 rings (SSSR count). The SMILES string of the molecule is O=C(NC1(C(=O)O)C2CC3CC4(O)CC1C34C2)c1cnc(N2CCc3cc(OCCC4CCOCC4)ccc32)nc1C(F)(F)F. The number of anilines is 2. The summed E-state index contributed by atoms with van der Waals surface area (Å²) in [6.45, 7) is 2.47. The van der Waals surface area contributed by atoms with E-state index in [2.05, 4.69) is 15.3 Å². The Morgan fingerprint density at radius 3 is 2.67 bits per heavy atom. The summed E-state index contributed by atoms with van der Waals surface area (Å²) in [6.07, 6.45) is 1.18. The molecule has 2 bridgehead atoms. The van der Waals surface area contributed by atoms with Crippen molar-refractivity contribution in [2.75, 3.05) is 31.3 Å². The van der Waals surface area contributed by atoms with Crippen LogP contribution in [-0.4, -0.2) is 69.6 Å². The van der Waals surface area contributed by atoms with E-state index in [0.29, 0.717) is 56.2 Å². The third kappa shape index (κ3) is 4.01. The van der Waals surface area contributed by atoms with Crippen molar-refractivity contribution >= 4 is 23.5 Å². The lowest BCUT2D eigenvalue weighted by Crippen LogP contribution is -2.80. The molecule has 1 aromatic carbocycles. The Bertz CT molecular complexity index is 1580. The summed E-state index contributed by atoms with van der Waals surface area (Å²) in [4.78, 5) is 35.8. The molecule has 6 unspecified atom stereocenters. The van der Waals surface area contributed by atoms with E-state index in [9.17, 15) is 33.0 Å². The van der Waals surface area contributed by atoms with Crippen molar-refractivity contribution in [3.8, 4) is 5.75 Å². The first-order chi connectivity index (χ1) is 21.5. The first kappa shape index (κ1) is 29.0. The Morgan fingerprint density at radius 1 is 1.16 bits per heavy atom. The van der Waals surface area contributed by atoms with E-state index in [0.717, 1.165) is 44.2 Å². The van der Waals surface area contributed by atoms with Gasteiger partial charge in [-0.15, -0.1) is 0 Å². The van der Waals surface area contributed by atoms with Gasteiger partial charge in [0.15, 0.2) is 5.69 Å². The molecule has 1 saturated heterocycles. The largest absolute Gasteiger partial charge is 0.494 e. The average molecular weight is 629 g/mol. The number of nitrogens with zero attached hydrogens (tertiary/aromatic N) is 3. The van der Waals surface area contributed by atoms with Crippen LogP contribution in [0.15, 0.2) is 24.4 Å². The molecule has 4 aliphatic carbocycles. The summed E-state index contributed by atoms with van der Waals surface area (Å²) in [6, 6.07) is 5.45. The molecule has 5 fully saturated rings. The Labute approximate surface area is 257 Å². The Kier molecular flexibility index (Phi) is 6.30. The fourth-order valence-corrected chi connectivity index (χ4v) is 9.89. The minimum Gasteiger partial charge on any atom is -0.494 e.